The Kier molecular flexibility index (Phi) is 7.14. The average Bonchev–Trinajstić information content (AvgIpc) is 2.30. The van der Waals surface area contributed by atoms with Crippen molar-refractivity contribution in [1.82, 2.24) is 5.32 Å². The zero-order valence-corrected chi connectivity index (χ0v) is 12.4. The second-order valence-electron chi connectivity index (χ2n) is 5.07. The largest absolute Gasteiger partial charge is 0.491 e. The summed E-state index contributed by atoms with van der Waals surface area (Å²) >= 11 is 6.08. The minimum atomic E-state index is 0.657. The number of ether oxygens (including phenoxy) is 1. The van der Waals surface area contributed by atoms with Crippen molar-refractivity contribution in [2.75, 3.05) is 19.7 Å². The molecule has 3 heteroatoms. The van der Waals surface area contributed by atoms with Gasteiger partial charge < -0.3 is 10.1 Å². The highest BCUT2D eigenvalue weighted by Gasteiger charge is 2.00. The Balaban J connectivity index is 2.11. The second-order valence-corrected chi connectivity index (χ2v) is 5.48. The highest BCUT2D eigenvalue weighted by molar-refractivity contribution is 6.32. The molecule has 0 bridgehead atoms. The first-order valence-corrected chi connectivity index (χ1v) is 7.07. The third-order valence-electron chi connectivity index (χ3n) is 2.76. The van der Waals surface area contributed by atoms with Gasteiger partial charge in [0.2, 0.25) is 0 Å². The normalized spacial score (nSPS) is 10.9. The molecule has 0 saturated heterocycles. The number of hydrogen-bond donors (Lipinski definition) is 1. The van der Waals surface area contributed by atoms with Crippen LogP contribution in [0.15, 0.2) is 18.2 Å². The van der Waals surface area contributed by atoms with E-state index in [9.17, 15) is 0 Å². The van der Waals surface area contributed by atoms with Gasteiger partial charge in [0.1, 0.15) is 12.4 Å². The van der Waals surface area contributed by atoms with E-state index in [2.05, 4.69) is 19.2 Å². The Morgan fingerprint density at radius 3 is 2.72 bits per heavy atom. The van der Waals surface area contributed by atoms with E-state index in [-0.39, 0.29) is 0 Å². The van der Waals surface area contributed by atoms with Crippen LogP contribution in [0.2, 0.25) is 5.02 Å². The van der Waals surface area contributed by atoms with Gasteiger partial charge in [0.05, 0.1) is 5.02 Å². The van der Waals surface area contributed by atoms with E-state index in [1.807, 2.05) is 25.1 Å². The molecule has 0 saturated carbocycles. The lowest BCUT2D eigenvalue weighted by molar-refractivity contribution is 0.313. The monoisotopic (exact) mass is 269 g/mol. The molecule has 0 radical (unpaired) electrons. The van der Waals surface area contributed by atoms with Gasteiger partial charge in [-0.25, -0.2) is 0 Å². The summed E-state index contributed by atoms with van der Waals surface area (Å²) in [6.07, 6.45) is 2.50. The maximum Gasteiger partial charge on any atom is 0.137 e. The van der Waals surface area contributed by atoms with Crippen molar-refractivity contribution in [1.29, 1.82) is 0 Å². The van der Waals surface area contributed by atoms with Crippen LogP contribution < -0.4 is 10.1 Å². The lowest BCUT2D eigenvalue weighted by Crippen LogP contribution is -2.22. The van der Waals surface area contributed by atoms with E-state index in [1.165, 1.54) is 12.8 Å². The van der Waals surface area contributed by atoms with Crippen molar-refractivity contribution in [3.05, 3.63) is 28.8 Å². The number of aryl methyl sites for hydroxylation is 1. The zero-order valence-electron chi connectivity index (χ0n) is 11.6. The van der Waals surface area contributed by atoms with Crippen LogP contribution in [-0.2, 0) is 0 Å². The molecule has 1 rings (SSSR count). The molecule has 0 heterocycles. The smallest absolute Gasteiger partial charge is 0.137 e. The summed E-state index contributed by atoms with van der Waals surface area (Å²) in [7, 11) is 0. The van der Waals surface area contributed by atoms with Gasteiger partial charge in [-0.15, -0.1) is 0 Å². The standard InChI is InChI=1S/C15H24ClNO/c1-12(2)5-4-8-17-9-10-18-15-7-6-13(3)11-14(15)16/h6-7,11-12,17H,4-5,8-10H2,1-3H3. The molecule has 0 aromatic heterocycles. The summed E-state index contributed by atoms with van der Waals surface area (Å²) in [6, 6.07) is 5.86. The van der Waals surface area contributed by atoms with Crippen molar-refractivity contribution >= 4 is 11.6 Å². The molecular formula is C15H24ClNO. The fourth-order valence-corrected chi connectivity index (χ4v) is 2.01. The Morgan fingerprint density at radius 1 is 1.28 bits per heavy atom. The van der Waals surface area contributed by atoms with Gasteiger partial charge in [-0.05, 0) is 49.9 Å². The van der Waals surface area contributed by atoms with Gasteiger partial charge >= 0.3 is 0 Å². The molecule has 1 N–H and O–H groups in total. The van der Waals surface area contributed by atoms with E-state index in [4.69, 9.17) is 16.3 Å². The Hall–Kier alpha value is -0.730. The van der Waals surface area contributed by atoms with Crippen LogP contribution in [0, 0.1) is 12.8 Å². The lowest BCUT2D eigenvalue weighted by atomic mass is 10.1. The van der Waals surface area contributed by atoms with Crippen molar-refractivity contribution in [2.24, 2.45) is 5.92 Å². The molecule has 102 valence electrons. The maximum atomic E-state index is 6.08. The van der Waals surface area contributed by atoms with Gasteiger partial charge in [0.25, 0.3) is 0 Å². The predicted octanol–water partition coefficient (Wildman–Crippen LogP) is 4.05. The number of nitrogens with one attached hydrogen (secondary N) is 1. The summed E-state index contributed by atoms with van der Waals surface area (Å²) in [5.41, 5.74) is 1.15. The van der Waals surface area contributed by atoms with Gasteiger partial charge in [-0.1, -0.05) is 31.5 Å². The minimum Gasteiger partial charge on any atom is -0.491 e. The molecule has 18 heavy (non-hydrogen) atoms. The van der Waals surface area contributed by atoms with Gasteiger partial charge in [0, 0.05) is 6.54 Å². The van der Waals surface area contributed by atoms with E-state index in [0.29, 0.717) is 11.6 Å². The highest BCUT2D eigenvalue weighted by atomic mass is 35.5. The molecular weight excluding hydrogens is 246 g/mol. The first-order valence-electron chi connectivity index (χ1n) is 6.69. The van der Waals surface area contributed by atoms with Crippen LogP contribution in [0.25, 0.3) is 0 Å². The average molecular weight is 270 g/mol. The fourth-order valence-electron chi connectivity index (χ4n) is 1.72. The van der Waals surface area contributed by atoms with E-state index in [0.717, 1.165) is 30.3 Å². The second kappa shape index (κ2) is 8.39. The van der Waals surface area contributed by atoms with Crippen molar-refractivity contribution in [2.45, 2.75) is 33.6 Å². The number of benzene rings is 1. The molecule has 0 amide bonds. The summed E-state index contributed by atoms with van der Waals surface area (Å²) in [4.78, 5) is 0. The van der Waals surface area contributed by atoms with E-state index >= 15 is 0 Å². The van der Waals surface area contributed by atoms with Gasteiger partial charge in [-0.3, -0.25) is 0 Å². The summed E-state index contributed by atoms with van der Waals surface area (Å²) in [5.74, 6) is 1.56. The molecule has 0 aliphatic heterocycles. The molecule has 0 fully saturated rings. The minimum absolute atomic E-state index is 0.657. The molecule has 0 aliphatic rings. The van der Waals surface area contributed by atoms with Crippen molar-refractivity contribution < 1.29 is 4.74 Å². The zero-order chi connectivity index (χ0) is 13.4. The molecule has 2 nitrogen and oxygen atoms in total. The Labute approximate surface area is 116 Å². The number of halogens is 1. The fraction of sp³-hybridized carbons (Fsp3) is 0.600. The van der Waals surface area contributed by atoms with E-state index < -0.39 is 0 Å². The first kappa shape index (κ1) is 15.3. The van der Waals surface area contributed by atoms with Crippen LogP contribution >= 0.6 is 11.6 Å². The SMILES string of the molecule is Cc1ccc(OCCNCCCC(C)C)c(Cl)c1. The molecule has 0 unspecified atom stereocenters. The van der Waals surface area contributed by atoms with Crippen LogP contribution in [0.1, 0.15) is 32.3 Å². The highest BCUT2D eigenvalue weighted by Crippen LogP contribution is 2.24. The maximum absolute atomic E-state index is 6.08. The van der Waals surface area contributed by atoms with Crippen LogP contribution in [-0.4, -0.2) is 19.7 Å². The van der Waals surface area contributed by atoms with Gasteiger partial charge in [-0.2, -0.15) is 0 Å². The molecule has 0 atom stereocenters. The predicted molar refractivity (Wildman–Crippen MR) is 78.6 cm³/mol. The Bertz CT molecular complexity index is 352. The third-order valence-corrected chi connectivity index (χ3v) is 3.05. The van der Waals surface area contributed by atoms with E-state index in [1.54, 1.807) is 0 Å². The van der Waals surface area contributed by atoms with Gasteiger partial charge in [0.15, 0.2) is 0 Å². The molecule has 0 aliphatic carbocycles. The number of rotatable bonds is 8. The van der Waals surface area contributed by atoms with Crippen molar-refractivity contribution in [3.8, 4) is 5.75 Å². The lowest BCUT2D eigenvalue weighted by Gasteiger charge is -2.10. The topological polar surface area (TPSA) is 21.3 Å². The third kappa shape index (κ3) is 6.27. The van der Waals surface area contributed by atoms with Crippen LogP contribution in [0.5, 0.6) is 5.75 Å². The van der Waals surface area contributed by atoms with Crippen LogP contribution in [0.3, 0.4) is 0 Å². The molecule has 1 aromatic carbocycles. The van der Waals surface area contributed by atoms with Crippen LogP contribution in [0.4, 0.5) is 0 Å². The Morgan fingerprint density at radius 2 is 2.06 bits per heavy atom. The summed E-state index contributed by atoms with van der Waals surface area (Å²) in [5, 5.41) is 4.06. The summed E-state index contributed by atoms with van der Waals surface area (Å²) < 4.78 is 5.62. The quantitative estimate of drug-likeness (QED) is 0.719. The number of hydrogen-bond acceptors (Lipinski definition) is 2. The first-order chi connectivity index (χ1) is 8.59. The van der Waals surface area contributed by atoms with Crippen molar-refractivity contribution in [3.63, 3.8) is 0 Å². The summed E-state index contributed by atoms with van der Waals surface area (Å²) in [6.45, 7) is 9.10. The molecule has 1 aromatic rings. The molecule has 0 spiro atoms.